The van der Waals surface area contributed by atoms with Gasteiger partial charge in [-0.15, -0.1) is 0 Å². The molecule has 2 N–H and O–H groups in total. The van der Waals surface area contributed by atoms with Gasteiger partial charge in [-0.25, -0.2) is 0 Å². The lowest BCUT2D eigenvalue weighted by molar-refractivity contribution is 0.226. The molecule has 0 aliphatic heterocycles. The van der Waals surface area contributed by atoms with Crippen molar-refractivity contribution in [3.8, 4) is 0 Å². The third kappa shape index (κ3) is 11.6. The monoisotopic (exact) mass is 292 g/mol. The first kappa shape index (κ1) is 19.1. The molecule has 19 heavy (non-hydrogen) atoms. The molecule has 0 aliphatic rings. The third-order valence-corrected chi connectivity index (χ3v) is 5.21. The van der Waals surface area contributed by atoms with Crippen LogP contribution < -0.4 is 0 Å². The lowest BCUT2D eigenvalue weighted by Crippen LogP contribution is -2.25. The zero-order valence-electron chi connectivity index (χ0n) is 12.5. The highest BCUT2D eigenvalue weighted by Crippen LogP contribution is 2.11. The van der Waals surface area contributed by atoms with E-state index < -0.39 is 16.0 Å². The van der Waals surface area contributed by atoms with Crippen molar-refractivity contribution in [2.75, 3.05) is 19.0 Å². The zero-order chi connectivity index (χ0) is 14.3. The van der Waals surface area contributed by atoms with Gasteiger partial charge in [0.05, 0.1) is 18.5 Å². The molecular formula is C15H32O3S. The van der Waals surface area contributed by atoms with E-state index in [-0.39, 0.29) is 13.2 Å². The van der Waals surface area contributed by atoms with Gasteiger partial charge in [-0.3, -0.25) is 4.21 Å². The first-order valence-corrected chi connectivity index (χ1v) is 9.23. The summed E-state index contributed by atoms with van der Waals surface area (Å²) in [4.78, 5) is 0. The summed E-state index contributed by atoms with van der Waals surface area (Å²) in [6, 6.07) is 0. The van der Waals surface area contributed by atoms with Crippen LogP contribution in [0, 0.1) is 0 Å². The first-order valence-electron chi connectivity index (χ1n) is 7.85. The molecule has 0 saturated heterocycles. The number of rotatable bonds is 14. The number of aliphatic hydroxyl groups is 2. The average molecular weight is 292 g/mol. The highest BCUT2D eigenvalue weighted by molar-refractivity contribution is 7.85. The molecule has 0 amide bonds. The summed E-state index contributed by atoms with van der Waals surface area (Å²) < 4.78 is 11.6. The van der Waals surface area contributed by atoms with Gasteiger partial charge in [-0.05, 0) is 6.42 Å². The van der Waals surface area contributed by atoms with E-state index in [1.54, 1.807) is 0 Å². The SMILES string of the molecule is CCCCCCCCCCCC[S@@](=O)C(CO)CO. The van der Waals surface area contributed by atoms with Crippen LogP contribution in [0.4, 0.5) is 0 Å². The predicted octanol–water partition coefficient (Wildman–Crippen LogP) is 3.01. The third-order valence-electron chi connectivity index (χ3n) is 3.48. The fourth-order valence-electron chi connectivity index (χ4n) is 2.12. The minimum Gasteiger partial charge on any atom is -0.395 e. The normalized spacial score (nSPS) is 13.1. The molecule has 3 nitrogen and oxygen atoms in total. The van der Waals surface area contributed by atoms with Crippen LogP contribution in [0.15, 0.2) is 0 Å². The lowest BCUT2D eigenvalue weighted by atomic mass is 10.1. The molecule has 0 fully saturated rings. The molecule has 116 valence electrons. The fraction of sp³-hybridized carbons (Fsp3) is 1.00. The molecule has 0 aromatic heterocycles. The summed E-state index contributed by atoms with van der Waals surface area (Å²) in [6.07, 6.45) is 12.6. The van der Waals surface area contributed by atoms with Crippen LogP contribution in [0.1, 0.15) is 71.1 Å². The molecule has 0 aromatic rings. The van der Waals surface area contributed by atoms with Crippen molar-refractivity contribution in [1.82, 2.24) is 0 Å². The molecule has 0 radical (unpaired) electrons. The van der Waals surface area contributed by atoms with Crippen molar-refractivity contribution in [3.63, 3.8) is 0 Å². The first-order chi connectivity index (χ1) is 9.26. The van der Waals surface area contributed by atoms with Gasteiger partial charge in [-0.2, -0.15) is 0 Å². The van der Waals surface area contributed by atoms with Crippen molar-refractivity contribution >= 4 is 10.8 Å². The quantitative estimate of drug-likeness (QED) is 0.484. The highest BCUT2D eigenvalue weighted by atomic mass is 32.2. The number of hydrogen-bond donors (Lipinski definition) is 2. The second kappa shape index (κ2) is 14.5. The van der Waals surface area contributed by atoms with Crippen LogP contribution in [0.25, 0.3) is 0 Å². The van der Waals surface area contributed by atoms with Gasteiger partial charge in [0.2, 0.25) is 0 Å². The average Bonchev–Trinajstić information content (AvgIpc) is 2.42. The molecule has 0 aromatic carbocycles. The molecule has 0 unspecified atom stereocenters. The predicted molar refractivity (Wildman–Crippen MR) is 82.8 cm³/mol. The van der Waals surface area contributed by atoms with Crippen LogP contribution in [-0.4, -0.2) is 38.6 Å². The Bertz CT molecular complexity index is 206. The topological polar surface area (TPSA) is 57.5 Å². The standard InChI is InChI=1S/C15H32O3S/c1-2-3-4-5-6-7-8-9-10-11-12-19(18)15(13-16)14-17/h15-17H,2-14H2,1H3/t19-/m1/s1. The largest absolute Gasteiger partial charge is 0.395 e. The van der Waals surface area contributed by atoms with Gasteiger partial charge in [0.15, 0.2) is 0 Å². The Morgan fingerprint density at radius 3 is 1.63 bits per heavy atom. The molecule has 1 atom stereocenters. The van der Waals surface area contributed by atoms with E-state index in [0.29, 0.717) is 5.75 Å². The van der Waals surface area contributed by atoms with E-state index in [9.17, 15) is 4.21 Å². The molecule has 0 rings (SSSR count). The van der Waals surface area contributed by atoms with Crippen LogP contribution in [0.2, 0.25) is 0 Å². The Balaban J connectivity index is 3.24. The Morgan fingerprint density at radius 2 is 1.21 bits per heavy atom. The summed E-state index contributed by atoms with van der Waals surface area (Å²) >= 11 is 0. The van der Waals surface area contributed by atoms with Crippen LogP contribution in [-0.2, 0) is 10.8 Å². The molecule has 0 heterocycles. The molecular weight excluding hydrogens is 260 g/mol. The molecule has 0 bridgehead atoms. The smallest absolute Gasteiger partial charge is 0.0809 e. The van der Waals surface area contributed by atoms with Crippen molar-refractivity contribution in [2.45, 2.75) is 76.4 Å². The molecule has 4 heteroatoms. The maximum atomic E-state index is 11.6. The minimum absolute atomic E-state index is 0.180. The number of aliphatic hydroxyl groups excluding tert-OH is 2. The van der Waals surface area contributed by atoms with E-state index in [2.05, 4.69) is 6.92 Å². The summed E-state index contributed by atoms with van der Waals surface area (Å²) in [5.74, 6) is 0.613. The zero-order valence-corrected chi connectivity index (χ0v) is 13.3. The van der Waals surface area contributed by atoms with Gasteiger partial charge >= 0.3 is 0 Å². The Labute approximate surface area is 121 Å². The summed E-state index contributed by atoms with van der Waals surface area (Å²) in [5.41, 5.74) is 0. The van der Waals surface area contributed by atoms with Gasteiger partial charge < -0.3 is 10.2 Å². The maximum Gasteiger partial charge on any atom is 0.0809 e. The van der Waals surface area contributed by atoms with Gasteiger partial charge in [-0.1, -0.05) is 64.7 Å². The summed E-state index contributed by atoms with van der Waals surface area (Å²) in [6.45, 7) is 1.88. The van der Waals surface area contributed by atoms with Gasteiger partial charge in [0.1, 0.15) is 0 Å². The second-order valence-electron chi connectivity index (χ2n) is 5.25. The fourth-order valence-corrected chi connectivity index (χ4v) is 3.28. The molecule has 0 aliphatic carbocycles. The number of hydrogen-bond acceptors (Lipinski definition) is 3. The lowest BCUT2D eigenvalue weighted by Gasteiger charge is -2.10. The maximum absolute atomic E-state index is 11.6. The van der Waals surface area contributed by atoms with E-state index in [4.69, 9.17) is 10.2 Å². The molecule has 0 spiro atoms. The number of unbranched alkanes of at least 4 members (excludes halogenated alkanes) is 9. The van der Waals surface area contributed by atoms with Gasteiger partial charge in [0, 0.05) is 16.6 Å². The Hall–Kier alpha value is 0.0700. The molecule has 0 saturated carbocycles. The van der Waals surface area contributed by atoms with E-state index in [1.165, 1.54) is 51.4 Å². The van der Waals surface area contributed by atoms with E-state index >= 15 is 0 Å². The van der Waals surface area contributed by atoms with E-state index in [0.717, 1.165) is 12.8 Å². The second-order valence-corrected chi connectivity index (χ2v) is 7.09. The van der Waals surface area contributed by atoms with Crippen LogP contribution in [0.5, 0.6) is 0 Å². The van der Waals surface area contributed by atoms with Crippen molar-refractivity contribution in [1.29, 1.82) is 0 Å². The van der Waals surface area contributed by atoms with E-state index in [1.807, 2.05) is 0 Å². The van der Waals surface area contributed by atoms with Crippen molar-refractivity contribution < 1.29 is 14.4 Å². The van der Waals surface area contributed by atoms with Crippen LogP contribution >= 0.6 is 0 Å². The Kier molecular flexibility index (Phi) is 14.5. The van der Waals surface area contributed by atoms with Crippen molar-refractivity contribution in [3.05, 3.63) is 0 Å². The van der Waals surface area contributed by atoms with Crippen molar-refractivity contribution in [2.24, 2.45) is 0 Å². The summed E-state index contributed by atoms with van der Waals surface area (Å²) in [5, 5.41) is 17.4. The highest BCUT2D eigenvalue weighted by Gasteiger charge is 2.13. The minimum atomic E-state index is -1.07. The van der Waals surface area contributed by atoms with Gasteiger partial charge in [0.25, 0.3) is 0 Å². The van der Waals surface area contributed by atoms with Crippen LogP contribution in [0.3, 0.4) is 0 Å². The Morgan fingerprint density at radius 1 is 0.789 bits per heavy atom. The summed E-state index contributed by atoms with van der Waals surface area (Å²) in [7, 11) is -1.07.